The van der Waals surface area contributed by atoms with Crippen molar-refractivity contribution in [3.8, 4) is 17.3 Å². The monoisotopic (exact) mass is 370 g/mol. The minimum absolute atomic E-state index is 0.581. The quantitative estimate of drug-likeness (QED) is 0.340. The molecule has 2 aromatic carbocycles. The van der Waals surface area contributed by atoms with E-state index in [9.17, 15) is 5.26 Å². The summed E-state index contributed by atoms with van der Waals surface area (Å²) in [5, 5.41) is 12.3. The molecule has 0 N–H and O–H groups in total. The van der Waals surface area contributed by atoms with E-state index in [1.165, 1.54) is 29.7 Å². The first-order valence-corrected chi connectivity index (χ1v) is 10.1. The predicted octanol–water partition coefficient (Wildman–Crippen LogP) is 6.77. The first kappa shape index (κ1) is 18.8. The van der Waals surface area contributed by atoms with Gasteiger partial charge in [0.05, 0.1) is 11.3 Å². The van der Waals surface area contributed by atoms with E-state index in [0.717, 1.165) is 28.2 Å². The Hall–Kier alpha value is -2.96. The van der Waals surface area contributed by atoms with E-state index in [1.54, 1.807) is 0 Å². The first-order valence-electron chi connectivity index (χ1n) is 9.19. The SMILES string of the molecule is CCCCc1ccc(-c2csc(/C(C#N)=C\C=C\c3ccccc3)n2)cc1. The van der Waals surface area contributed by atoms with E-state index in [4.69, 9.17) is 0 Å². The number of hydrogen-bond acceptors (Lipinski definition) is 3. The third-order valence-corrected chi connectivity index (χ3v) is 5.15. The zero-order valence-corrected chi connectivity index (χ0v) is 16.2. The lowest BCUT2D eigenvalue weighted by molar-refractivity contribution is 0.795. The van der Waals surface area contributed by atoms with Gasteiger partial charge in [0.15, 0.2) is 0 Å². The van der Waals surface area contributed by atoms with E-state index in [2.05, 4.69) is 42.2 Å². The molecule has 0 atom stereocenters. The van der Waals surface area contributed by atoms with Crippen LogP contribution in [-0.2, 0) is 6.42 Å². The third kappa shape index (κ3) is 5.26. The van der Waals surface area contributed by atoms with Gasteiger partial charge >= 0.3 is 0 Å². The van der Waals surface area contributed by atoms with Gasteiger partial charge in [-0.3, -0.25) is 0 Å². The second kappa shape index (κ2) is 9.66. The number of nitriles is 1. The zero-order chi connectivity index (χ0) is 18.9. The molecule has 134 valence electrons. The smallest absolute Gasteiger partial charge is 0.134 e. The Morgan fingerprint density at radius 1 is 1.11 bits per heavy atom. The van der Waals surface area contributed by atoms with Gasteiger partial charge in [-0.05, 0) is 30.0 Å². The van der Waals surface area contributed by atoms with Crippen LogP contribution in [0, 0.1) is 11.3 Å². The molecule has 1 heterocycles. The van der Waals surface area contributed by atoms with Crippen molar-refractivity contribution in [3.05, 3.63) is 88.3 Å². The van der Waals surface area contributed by atoms with Crippen LogP contribution in [0.2, 0.25) is 0 Å². The Morgan fingerprint density at radius 3 is 2.59 bits per heavy atom. The molecule has 0 fully saturated rings. The van der Waals surface area contributed by atoms with Gasteiger partial charge in [0.25, 0.3) is 0 Å². The van der Waals surface area contributed by atoms with Gasteiger partial charge in [0, 0.05) is 10.9 Å². The number of aromatic nitrogens is 1. The Balaban J connectivity index is 1.74. The number of benzene rings is 2. The van der Waals surface area contributed by atoms with E-state index in [1.807, 2.05) is 53.9 Å². The maximum Gasteiger partial charge on any atom is 0.134 e. The number of thiazole rings is 1. The van der Waals surface area contributed by atoms with Crippen molar-refractivity contribution in [2.75, 3.05) is 0 Å². The molecule has 3 rings (SSSR count). The average Bonchev–Trinajstić information content (AvgIpc) is 3.21. The van der Waals surface area contributed by atoms with Gasteiger partial charge < -0.3 is 0 Å². The minimum Gasteiger partial charge on any atom is -0.235 e. The second-order valence-electron chi connectivity index (χ2n) is 6.30. The van der Waals surface area contributed by atoms with Crippen molar-refractivity contribution in [3.63, 3.8) is 0 Å². The van der Waals surface area contributed by atoms with Crippen LogP contribution in [0.25, 0.3) is 22.9 Å². The summed E-state index contributed by atoms with van der Waals surface area (Å²) < 4.78 is 0. The third-order valence-electron chi connectivity index (χ3n) is 4.27. The Bertz CT molecular complexity index is 958. The summed E-state index contributed by atoms with van der Waals surface area (Å²) in [6.07, 6.45) is 9.25. The van der Waals surface area contributed by atoms with Crippen molar-refractivity contribution in [2.45, 2.75) is 26.2 Å². The van der Waals surface area contributed by atoms with Crippen LogP contribution < -0.4 is 0 Å². The Morgan fingerprint density at radius 2 is 1.89 bits per heavy atom. The van der Waals surface area contributed by atoms with Gasteiger partial charge in [0.1, 0.15) is 11.1 Å². The molecule has 0 saturated heterocycles. The van der Waals surface area contributed by atoms with Crippen LogP contribution >= 0.6 is 11.3 Å². The molecule has 0 aliphatic heterocycles. The largest absolute Gasteiger partial charge is 0.235 e. The van der Waals surface area contributed by atoms with Gasteiger partial charge in [-0.2, -0.15) is 5.26 Å². The molecule has 0 aliphatic rings. The summed E-state index contributed by atoms with van der Waals surface area (Å²) in [7, 11) is 0. The zero-order valence-electron chi connectivity index (χ0n) is 15.4. The Labute approximate surface area is 165 Å². The molecule has 0 bridgehead atoms. The van der Waals surface area contributed by atoms with E-state index in [0.29, 0.717) is 5.57 Å². The molecule has 0 unspecified atom stereocenters. The number of nitrogens with zero attached hydrogens (tertiary/aromatic N) is 2. The number of hydrogen-bond donors (Lipinski definition) is 0. The topological polar surface area (TPSA) is 36.7 Å². The van der Waals surface area contributed by atoms with Crippen LogP contribution in [0.4, 0.5) is 0 Å². The molecular weight excluding hydrogens is 348 g/mol. The maximum atomic E-state index is 9.49. The van der Waals surface area contributed by atoms with Crippen molar-refractivity contribution < 1.29 is 0 Å². The van der Waals surface area contributed by atoms with Gasteiger partial charge in [-0.15, -0.1) is 11.3 Å². The first-order chi connectivity index (χ1) is 13.3. The lowest BCUT2D eigenvalue weighted by atomic mass is 10.1. The molecule has 0 spiro atoms. The van der Waals surface area contributed by atoms with Crippen molar-refractivity contribution in [2.24, 2.45) is 0 Å². The standard InChI is InChI=1S/C24H22N2S/c1-2-3-8-20-13-15-21(16-14-20)23-18-27-24(26-23)22(17-25)12-7-11-19-9-5-4-6-10-19/h4-7,9-16,18H,2-3,8H2,1H3/b11-7+,22-12-. The van der Waals surface area contributed by atoms with Crippen LogP contribution in [0.1, 0.15) is 35.9 Å². The highest BCUT2D eigenvalue weighted by Crippen LogP contribution is 2.26. The van der Waals surface area contributed by atoms with Crippen molar-refractivity contribution in [1.29, 1.82) is 5.26 Å². The van der Waals surface area contributed by atoms with Crippen LogP contribution in [0.3, 0.4) is 0 Å². The predicted molar refractivity (Wildman–Crippen MR) is 115 cm³/mol. The molecule has 2 nitrogen and oxygen atoms in total. The Kier molecular flexibility index (Phi) is 6.73. The number of aryl methyl sites for hydroxylation is 1. The van der Waals surface area contributed by atoms with Gasteiger partial charge in [-0.25, -0.2) is 4.98 Å². The fraction of sp³-hybridized carbons (Fsp3) is 0.167. The van der Waals surface area contributed by atoms with Crippen LogP contribution in [0.15, 0.2) is 72.1 Å². The molecule has 27 heavy (non-hydrogen) atoms. The number of allylic oxidation sites excluding steroid dienone is 3. The van der Waals surface area contributed by atoms with E-state index >= 15 is 0 Å². The molecule has 0 aliphatic carbocycles. The highest BCUT2D eigenvalue weighted by atomic mass is 32.1. The normalized spacial score (nSPS) is 11.6. The van der Waals surface area contributed by atoms with Crippen LogP contribution in [-0.4, -0.2) is 4.98 Å². The fourth-order valence-corrected chi connectivity index (χ4v) is 3.53. The molecular formula is C24H22N2S. The molecule has 0 radical (unpaired) electrons. The summed E-state index contributed by atoms with van der Waals surface area (Å²) in [5.74, 6) is 0. The molecule has 3 aromatic rings. The summed E-state index contributed by atoms with van der Waals surface area (Å²) in [6.45, 7) is 2.21. The molecule has 3 heteroatoms. The van der Waals surface area contributed by atoms with E-state index in [-0.39, 0.29) is 0 Å². The summed E-state index contributed by atoms with van der Waals surface area (Å²) in [6, 6.07) is 20.9. The number of unbranched alkanes of at least 4 members (excludes halogenated alkanes) is 1. The average molecular weight is 371 g/mol. The van der Waals surface area contributed by atoms with Crippen LogP contribution in [0.5, 0.6) is 0 Å². The molecule has 0 amide bonds. The van der Waals surface area contributed by atoms with Gasteiger partial charge in [0.2, 0.25) is 0 Å². The lowest BCUT2D eigenvalue weighted by Crippen LogP contribution is -1.86. The van der Waals surface area contributed by atoms with Crippen molar-refractivity contribution in [1.82, 2.24) is 4.98 Å². The fourth-order valence-electron chi connectivity index (χ4n) is 2.73. The summed E-state index contributed by atoms with van der Waals surface area (Å²) >= 11 is 1.51. The lowest BCUT2D eigenvalue weighted by Gasteiger charge is -2.01. The molecule has 1 aromatic heterocycles. The highest BCUT2D eigenvalue weighted by Gasteiger charge is 2.08. The summed E-state index contributed by atoms with van der Waals surface area (Å²) in [5.41, 5.74) is 5.06. The van der Waals surface area contributed by atoms with Gasteiger partial charge in [-0.1, -0.05) is 80.1 Å². The summed E-state index contributed by atoms with van der Waals surface area (Å²) in [4.78, 5) is 4.66. The highest BCUT2D eigenvalue weighted by molar-refractivity contribution is 7.11. The number of rotatable bonds is 7. The van der Waals surface area contributed by atoms with Crippen molar-refractivity contribution >= 4 is 23.0 Å². The molecule has 0 saturated carbocycles. The second-order valence-corrected chi connectivity index (χ2v) is 7.16. The minimum atomic E-state index is 0.581. The maximum absolute atomic E-state index is 9.49. The van der Waals surface area contributed by atoms with E-state index < -0.39 is 0 Å².